The highest BCUT2D eigenvalue weighted by Gasteiger charge is 2.47. The van der Waals surface area contributed by atoms with Gasteiger partial charge in [0.1, 0.15) is 28.6 Å². The number of benzene rings is 2. The molecule has 1 aliphatic rings. The van der Waals surface area contributed by atoms with E-state index in [4.69, 9.17) is 16.3 Å². The van der Waals surface area contributed by atoms with Gasteiger partial charge in [-0.05, 0) is 73.0 Å². The van der Waals surface area contributed by atoms with Crippen molar-refractivity contribution in [2.45, 2.75) is 18.4 Å². The summed E-state index contributed by atoms with van der Waals surface area (Å²) in [6.07, 6.45) is 5.03. The van der Waals surface area contributed by atoms with Crippen LogP contribution in [0.1, 0.15) is 39.4 Å². The number of carbonyl (C=O) groups excluding carboxylic acids is 2. The summed E-state index contributed by atoms with van der Waals surface area (Å²) in [7, 11) is 3.01. The number of aromatic nitrogens is 3. The van der Waals surface area contributed by atoms with Gasteiger partial charge in [0.05, 0.1) is 28.9 Å². The second-order valence-corrected chi connectivity index (χ2v) is 10.2. The number of nitrogens with zero attached hydrogens (tertiary/aromatic N) is 3. The second-order valence-electron chi connectivity index (χ2n) is 9.82. The first-order valence-corrected chi connectivity index (χ1v) is 13.3. The predicted octanol–water partition coefficient (Wildman–Crippen LogP) is 5.64. The average Bonchev–Trinajstić information content (AvgIpc) is 3.68. The lowest BCUT2D eigenvalue weighted by Gasteiger charge is -2.19. The van der Waals surface area contributed by atoms with Crippen LogP contribution in [0.15, 0.2) is 79.1 Å². The molecule has 2 amide bonds. The monoisotopic (exact) mass is 569 g/mol. The van der Waals surface area contributed by atoms with Crippen molar-refractivity contribution in [1.29, 1.82) is 0 Å². The van der Waals surface area contributed by atoms with Gasteiger partial charge < -0.3 is 15.4 Å². The van der Waals surface area contributed by atoms with Crippen LogP contribution in [0, 0.1) is 5.82 Å². The Kier molecular flexibility index (Phi) is 6.67. The van der Waals surface area contributed by atoms with Gasteiger partial charge in [0.15, 0.2) is 0 Å². The maximum Gasteiger partial charge on any atom is 0.270 e. The molecular formula is C31H25ClFN5O3. The summed E-state index contributed by atoms with van der Waals surface area (Å²) in [5, 5.41) is 6.16. The smallest absolute Gasteiger partial charge is 0.270 e. The van der Waals surface area contributed by atoms with Crippen LogP contribution in [-0.2, 0) is 5.54 Å². The number of pyridine rings is 2. The van der Waals surface area contributed by atoms with Gasteiger partial charge >= 0.3 is 0 Å². The minimum Gasteiger partial charge on any atom is -0.496 e. The summed E-state index contributed by atoms with van der Waals surface area (Å²) >= 11 is 6.70. The normalized spacial score (nSPS) is 13.6. The number of nitrogens with one attached hydrogen (secondary N) is 2. The minimum absolute atomic E-state index is 0.282. The number of fused-ring (bicyclic) bond motifs is 1. The van der Waals surface area contributed by atoms with Gasteiger partial charge in [0, 0.05) is 36.6 Å². The minimum atomic E-state index is -0.516. The van der Waals surface area contributed by atoms with Gasteiger partial charge in [-0.15, -0.1) is 0 Å². The first-order valence-electron chi connectivity index (χ1n) is 13.0. The van der Waals surface area contributed by atoms with E-state index in [0.29, 0.717) is 44.4 Å². The Hall–Kier alpha value is -4.76. The Balaban J connectivity index is 1.43. The lowest BCUT2D eigenvalue weighted by atomic mass is 10.0. The lowest BCUT2D eigenvalue weighted by Crippen LogP contribution is -2.35. The van der Waals surface area contributed by atoms with Crippen molar-refractivity contribution < 1.29 is 18.7 Å². The first-order chi connectivity index (χ1) is 19.8. The quantitative estimate of drug-likeness (QED) is 0.264. The molecule has 0 bridgehead atoms. The van der Waals surface area contributed by atoms with Gasteiger partial charge in [-0.1, -0.05) is 17.7 Å². The Bertz CT molecular complexity index is 1800. The zero-order valence-electron chi connectivity index (χ0n) is 22.2. The summed E-state index contributed by atoms with van der Waals surface area (Å²) in [5.41, 5.74) is 3.64. The van der Waals surface area contributed by atoms with Crippen LogP contribution in [-0.4, -0.2) is 40.3 Å². The highest BCUT2D eigenvalue weighted by Crippen LogP contribution is 2.45. The first kappa shape index (κ1) is 26.5. The molecule has 6 rings (SSSR count). The third-order valence-electron chi connectivity index (χ3n) is 7.28. The third-order valence-corrected chi connectivity index (χ3v) is 7.59. The molecule has 10 heteroatoms. The maximum atomic E-state index is 13.6. The highest BCUT2D eigenvalue weighted by molar-refractivity contribution is 6.33. The molecule has 2 N–H and O–H groups in total. The van der Waals surface area contributed by atoms with Crippen molar-refractivity contribution >= 4 is 29.1 Å². The molecule has 0 spiro atoms. The zero-order valence-corrected chi connectivity index (χ0v) is 23.0. The number of methoxy groups -OCH3 is 1. The van der Waals surface area contributed by atoms with Gasteiger partial charge in [0.25, 0.3) is 11.8 Å². The molecule has 1 aliphatic carbocycles. The summed E-state index contributed by atoms with van der Waals surface area (Å²) in [4.78, 5) is 35.7. The molecule has 0 unspecified atom stereocenters. The highest BCUT2D eigenvalue weighted by atomic mass is 35.5. The number of carbonyl (C=O) groups is 2. The number of hydrogen-bond acceptors (Lipinski definition) is 5. The summed E-state index contributed by atoms with van der Waals surface area (Å²) < 4.78 is 20.8. The Morgan fingerprint density at radius 1 is 1.02 bits per heavy atom. The number of hydrogen-bond donors (Lipinski definition) is 2. The summed E-state index contributed by atoms with van der Waals surface area (Å²) in [6.45, 7) is 0. The van der Waals surface area contributed by atoms with Crippen LogP contribution in [0.3, 0.4) is 0 Å². The van der Waals surface area contributed by atoms with Gasteiger partial charge in [-0.25, -0.2) is 9.37 Å². The van der Waals surface area contributed by atoms with Crippen LogP contribution in [0.4, 0.5) is 4.39 Å². The fourth-order valence-electron chi connectivity index (χ4n) is 4.97. The van der Waals surface area contributed by atoms with Gasteiger partial charge in [-0.2, -0.15) is 0 Å². The van der Waals surface area contributed by atoms with E-state index in [1.54, 1.807) is 47.1 Å². The van der Waals surface area contributed by atoms with E-state index in [0.717, 1.165) is 18.5 Å². The Morgan fingerprint density at radius 2 is 1.78 bits per heavy atom. The van der Waals surface area contributed by atoms with Crippen molar-refractivity contribution in [2.24, 2.45) is 0 Å². The van der Waals surface area contributed by atoms with Crippen molar-refractivity contribution in [3.63, 3.8) is 0 Å². The molecule has 8 nitrogen and oxygen atoms in total. The van der Waals surface area contributed by atoms with Crippen LogP contribution in [0.2, 0.25) is 5.02 Å². The van der Waals surface area contributed by atoms with E-state index >= 15 is 0 Å². The van der Waals surface area contributed by atoms with Gasteiger partial charge in [-0.3, -0.25) is 19.0 Å². The van der Waals surface area contributed by atoms with E-state index in [9.17, 15) is 14.0 Å². The molecule has 206 valence electrons. The molecule has 0 aliphatic heterocycles. The standard InChI is InChI=1S/C31H25ClFN5O3/c1-34-30(40)28-27(18-6-9-20(33)10-7-18)36-26-11-8-19(17-38(26)28)21-15-22(24(41-2)16-23(21)32)29(39)37-31(12-13-31)25-5-3-4-14-35-25/h3-11,14-17H,12-13H2,1-2H3,(H,34,40)(H,37,39). The molecule has 1 saturated carbocycles. The molecule has 2 aromatic carbocycles. The van der Waals surface area contributed by atoms with E-state index in [1.165, 1.54) is 26.3 Å². The molecule has 41 heavy (non-hydrogen) atoms. The number of ether oxygens (including phenoxy) is 1. The molecular weight excluding hydrogens is 545 g/mol. The topological polar surface area (TPSA) is 97.6 Å². The van der Waals surface area contributed by atoms with Crippen molar-refractivity contribution in [2.75, 3.05) is 14.2 Å². The van der Waals surface area contributed by atoms with Crippen molar-refractivity contribution in [3.8, 4) is 28.1 Å². The van der Waals surface area contributed by atoms with Crippen LogP contribution in [0.5, 0.6) is 5.75 Å². The number of rotatable bonds is 7. The third kappa shape index (κ3) is 4.78. The molecule has 3 heterocycles. The molecule has 0 saturated heterocycles. The van der Waals surface area contributed by atoms with Crippen LogP contribution in [0.25, 0.3) is 28.0 Å². The second kappa shape index (κ2) is 10.3. The summed E-state index contributed by atoms with van der Waals surface area (Å²) in [6, 6.07) is 18.3. The van der Waals surface area contributed by atoms with E-state index in [2.05, 4.69) is 20.6 Å². The lowest BCUT2D eigenvalue weighted by molar-refractivity contribution is 0.0924. The largest absolute Gasteiger partial charge is 0.496 e. The average molecular weight is 570 g/mol. The van der Waals surface area contributed by atoms with Crippen LogP contribution >= 0.6 is 11.6 Å². The molecule has 1 fully saturated rings. The van der Waals surface area contributed by atoms with Crippen molar-refractivity contribution in [3.05, 3.63) is 107 Å². The fourth-order valence-corrected chi connectivity index (χ4v) is 5.23. The van der Waals surface area contributed by atoms with Crippen LogP contribution < -0.4 is 15.4 Å². The number of imidazole rings is 1. The SMILES string of the molecule is CNC(=O)c1c(-c2ccc(F)cc2)nc2ccc(-c3cc(C(=O)NC4(c5ccccn5)CC4)c(OC)cc3Cl)cn12. The fraction of sp³-hybridized carbons (Fsp3) is 0.161. The molecule has 3 aromatic heterocycles. The molecule has 0 radical (unpaired) electrons. The number of amides is 2. The van der Waals surface area contributed by atoms with E-state index < -0.39 is 5.54 Å². The van der Waals surface area contributed by atoms with E-state index in [-0.39, 0.29) is 23.3 Å². The Morgan fingerprint density at radius 3 is 2.44 bits per heavy atom. The molecule has 5 aromatic rings. The molecule has 0 atom stereocenters. The predicted molar refractivity (Wildman–Crippen MR) is 154 cm³/mol. The zero-order chi connectivity index (χ0) is 28.7. The van der Waals surface area contributed by atoms with Crippen molar-refractivity contribution in [1.82, 2.24) is 25.0 Å². The van der Waals surface area contributed by atoms with Gasteiger partial charge in [0.2, 0.25) is 0 Å². The summed E-state index contributed by atoms with van der Waals surface area (Å²) in [5.74, 6) is -0.722. The van der Waals surface area contributed by atoms with E-state index in [1.807, 2.05) is 24.3 Å². The Labute approximate surface area is 240 Å². The maximum absolute atomic E-state index is 13.6. The number of halogens is 2.